The second-order valence-electron chi connectivity index (χ2n) is 2.36. The van der Waals surface area contributed by atoms with Gasteiger partial charge in [0.05, 0.1) is 6.61 Å². The summed E-state index contributed by atoms with van der Waals surface area (Å²) in [5.41, 5.74) is 1.42. The number of rotatable bonds is 4. The van der Waals surface area contributed by atoms with Gasteiger partial charge in [-0.25, -0.2) is 0 Å². The molecule has 0 aliphatic heterocycles. The van der Waals surface area contributed by atoms with E-state index in [4.69, 9.17) is 4.74 Å². The van der Waals surface area contributed by atoms with E-state index in [1.807, 2.05) is 6.92 Å². The molecule has 1 nitrogen and oxygen atoms in total. The van der Waals surface area contributed by atoms with Crippen molar-refractivity contribution in [2.24, 2.45) is 0 Å². The first-order chi connectivity index (χ1) is 4.93. The van der Waals surface area contributed by atoms with E-state index in [9.17, 15) is 0 Å². The highest BCUT2D eigenvalue weighted by Crippen LogP contribution is 2.11. The summed E-state index contributed by atoms with van der Waals surface area (Å²) < 4.78 is 5.22. The van der Waals surface area contributed by atoms with Crippen molar-refractivity contribution < 1.29 is 4.74 Å². The van der Waals surface area contributed by atoms with Gasteiger partial charge in [0, 0.05) is 6.61 Å². The van der Waals surface area contributed by atoms with Crippen LogP contribution in [0.3, 0.4) is 0 Å². The minimum atomic E-state index is 0.830. The monoisotopic (exact) mass is 138 g/mol. The predicted octanol–water partition coefficient (Wildman–Crippen LogP) is 2.30. The average Bonchev–Trinajstić information content (AvgIpc) is 2.41. The second kappa shape index (κ2) is 4.29. The van der Waals surface area contributed by atoms with Crippen molar-refractivity contribution in [2.75, 3.05) is 13.2 Å². The van der Waals surface area contributed by atoms with Crippen LogP contribution in [-0.4, -0.2) is 13.2 Å². The van der Waals surface area contributed by atoms with Crippen molar-refractivity contribution in [1.82, 2.24) is 0 Å². The lowest BCUT2D eigenvalue weighted by Gasteiger charge is -1.98. The summed E-state index contributed by atoms with van der Waals surface area (Å²) in [4.78, 5) is 0. The van der Waals surface area contributed by atoms with Gasteiger partial charge in [0.2, 0.25) is 0 Å². The summed E-state index contributed by atoms with van der Waals surface area (Å²) in [6.45, 7) is 3.72. The van der Waals surface area contributed by atoms with E-state index in [0.717, 1.165) is 26.1 Å². The van der Waals surface area contributed by atoms with Gasteiger partial charge < -0.3 is 4.74 Å². The highest BCUT2D eigenvalue weighted by atomic mass is 16.5. The minimum Gasteiger partial charge on any atom is -0.381 e. The summed E-state index contributed by atoms with van der Waals surface area (Å²) in [6, 6.07) is 0. The molecule has 0 atom stereocenters. The van der Waals surface area contributed by atoms with Crippen LogP contribution in [0.5, 0.6) is 0 Å². The summed E-state index contributed by atoms with van der Waals surface area (Å²) >= 11 is 0. The molecule has 0 aromatic carbocycles. The number of hydrogen-bond donors (Lipinski definition) is 0. The maximum Gasteiger partial charge on any atom is 0.0506 e. The lowest BCUT2D eigenvalue weighted by atomic mass is 10.2. The molecule has 0 amide bonds. The van der Waals surface area contributed by atoms with Crippen LogP contribution in [0.2, 0.25) is 0 Å². The molecule has 0 radical (unpaired) electrons. The molecule has 0 aromatic rings. The summed E-state index contributed by atoms with van der Waals surface area (Å²) in [5.74, 6) is 0. The normalized spacial score (nSPS) is 15.9. The summed E-state index contributed by atoms with van der Waals surface area (Å²) in [6.07, 6.45) is 8.80. The fourth-order valence-electron chi connectivity index (χ4n) is 1.03. The van der Waals surface area contributed by atoms with Gasteiger partial charge in [-0.15, -0.1) is 0 Å². The fraction of sp³-hybridized carbons (Fsp3) is 0.556. The van der Waals surface area contributed by atoms with Crippen LogP contribution in [-0.2, 0) is 4.74 Å². The summed E-state index contributed by atoms with van der Waals surface area (Å²) in [5, 5.41) is 0. The zero-order valence-electron chi connectivity index (χ0n) is 6.47. The van der Waals surface area contributed by atoms with Crippen molar-refractivity contribution >= 4 is 0 Å². The molecule has 0 fully saturated rings. The molecule has 0 aromatic heterocycles. The van der Waals surface area contributed by atoms with E-state index >= 15 is 0 Å². The molecule has 0 heterocycles. The first-order valence-electron chi connectivity index (χ1n) is 3.87. The van der Waals surface area contributed by atoms with Gasteiger partial charge in [-0.2, -0.15) is 0 Å². The molecule has 0 N–H and O–H groups in total. The summed E-state index contributed by atoms with van der Waals surface area (Å²) in [7, 11) is 0. The molecule has 1 aliphatic rings. The van der Waals surface area contributed by atoms with Gasteiger partial charge in [0.25, 0.3) is 0 Å². The van der Waals surface area contributed by atoms with E-state index in [0.29, 0.717) is 0 Å². The first kappa shape index (κ1) is 7.55. The van der Waals surface area contributed by atoms with Crippen molar-refractivity contribution in [3.8, 4) is 0 Å². The maximum absolute atomic E-state index is 5.22. The quantitative estimate of drug-likeness (QED) is 0.541. The number of hydrogen-bond acceptors (Lipinski definition) is 1. The molecule has 10 heavy (non-hydrogen) atoms. The maximum atomic E-state index is 5.22. The van der Waals surface area contributed by atoms with Crippen LogP contribution < -0.4 is 0 Å². The molecule has 1 rings (SSSR count). The van der Waals surface area contributed by atoms with Crippen molar-refractivity contribution in [3.05, 3.63) is 23.8 Å². The van der Waals surface area contributed by atoms with Crippen LogP contribution in [0, 0.1) is 0 Å². The standard InChI is InChI=1S/C9H14O/c1-2-10-8-7-9-5-3-4-6-9/h3,5-6H,2,4,7-8H2,1H3. The average molecular weight is 138 g/mol. The molecule has 0 bridgehead atoms. The van der Waals surface area contributed by atoms with Crippen LogP contribution in [0.4, 0.5) is 0 Å². The smallest absolute Gasteiger partial charge is 0.0506 e. The minimum absolute atomic E-state index is 0.830. The largest absolute Gasteiger partial charge is 0.381 e. The molecule has 0 saturated heterocycles. The van der Waals surface area contributed by atoms with E-state index in [-0.39, 0.29) is 0 Å². The second-order valence-corrected chi connectivity index (χ2v) is 2.36. The molecule has 0 unspecified atom stereocenters. The molecular weight excluding hydrogens is 124 g/mol. The van der Waals surface area contributed by atoms with Crippen molar-refractivity contribution in [2.45, 2.75) is 19.8 Å². The van der Waals surface area contributed by atoms with E-state index in [1.54, 1.807) is 0 Å². The SMILES string of the molecule is CCOCCC1=CCC=C1. The zero-order valence-corrected chi connectivity index (χ0v) is 6.47. The van der Waals surface area contributed by atoms with Gasteiger partial charge in [-0.1, -0.05) is 18.2 Å². The third-order valence-electron chi connectivity index (χ3n) is 1.59. The van der Waals surface area contributed by atoms with E-state index in [1.165, 1.54) is 5.57 Å². The van der Waals surface area contributed by atoms with Crippen LogP contribution in [0.25, 0.3) is 0 Å². The Morgan fingerprint density at radius 3 is 3.10 bits per heavy atom. The number of ether oxygens (including phenoxy) is 1. The molecule has 1 heteroatoms. The number of allylic oxidation sites excluding steroid dienone is 3. The fourth-order valence-corrected chi connectivity index (χ4v) is 1.03. The Morgan fingerprint density at radius 1 is 1.60 bits per heavy atom. The third kappa shape index (κ3) is 2.36. The Balaban J connectivity index is 2.08. The highest BCUT2D eigenvalue weighted by molar-refractivity contribution is 5.25. The van der Waals surface area contributed by atoms with Crippen LogP contribution in [0.15, 0.2) is 23.8 Å². The molecule has 56 valence electrons. The molecule has 1 aliphatic carbocycles. The third-order valence-corrected chi connectivity index (χ3v) is 1.59. The highest BCUT2D eigenvalue weighted by Gasteiger charge is 1.95. The predicted molar refractivity (Wildman–Crippen MR) is 43.0 cm³/mol. The lowest BCUT2D eigenvalue weighted by molar-refractivity contribution is 0.151. The van der Waals surface area contributed by atoms with Gasteiger partial charge in [-0.3, -0.25) is 0 Å². The Hall–Kier alpha value is -0.560. The van der Waals surface area contributed by atoms with Crippen molar-refractivity contribution in [1.29, 1.82) is 0 Å². The Bertz CT molecular complexity index is 145. The van der Waals surface area contributed by atoms with Gasteiger partial charge >= 0.3 is 0 Å². The van der Waals surface area contributed by atoms with E-state index in [2.05, 4.69) is 18.2 Å². The van der Waals surface area contributed by atoms with Gasteiger partial charge in [0.1, 0.15) is 0 Å². The van der Waals surface area contributed by atoms with Gasteiger partial charge in [-0.05, 0) is 25.3 Å². The first-order valence-corrected chi connectivity index (χ1v) is 3.87. The van der Waals surface area contributed by atoms with Crippen LogP contribution >= 0.6 is 0 Å². The lowest BCUT2D eigenvalue weighted by Crippen LogP contribution is -1.93. The van der Waals surface area contributed by atoms with Crippen molar-refractivity contribution in [3.63, 3.8) is 0 Å². The van der Waals surface area contributed by atoms with Crippen LogP contribution in [0.1, 0.15) is 19.8 Å². The molecular formula is C9H14O. The van der Waals surface area contributed by atoms with Gasteiger partial charge in [0.15, 0.2) is 0 Å². The topological polar surface area (TPSA) is 9.23 Å². The Labute approximate surface area is 62.4 Å². The van der Waals surface area contributed by atoms with E-state index < -0.39 is 0 Å². The zero-order chi connectivity index (χ0) is 7.23. The molecule has 0 spiro atoms. The molecule has 0 saturated carbocycles. The Morgan fingerprint density at radius 2 is 2.50 bits per heavy atom. The Kier molecular flexibility index (Phi) is 3.23.